The van der Waals surface area contributed by atoms with Crippen LogP contribution >= 0.6 is 11.3 Å². The monoisotopic (exact) mass is 438 g/mol. The maximum atomic E-state index is 13.0. The summed E-state index contributed by atoms with van der Waals surface area (Å²) < 4.78 is 1.89. The van der Waals surface area contributed by atoms with Crippen LogP contribution in [-0.4, -0.2) is 58.1 Å². The van der Waals surface area contributed by atoms with Gasteiger partial charge in [0.15, 0.2) is 10.8 Å². The van der Waals surface area contributed by atoms with Gasteiger partial charge in [0.25, 0.3) is 5.56 Å². The minimum atomic E-state index is -0.206. The Morgan fingerprint density at radius 3 is 2.84 bits per heavy atom. The first-order valence-electron chi connectivity index (χ1n) is 10.8. The number of nitrogens with one attached hydrogen (secondary N) is 1. The molecule has 0 radical (unpaired) electrons. The minimum absolute atomic E-state index is 0.00730. The first kappa shape index (κ1) is 20.1. The highest BCUT2D eigenvalue weighted by atomic mass is 32.1. The highest BCUT2D eigenvalue weighted by Crippen LogP contribution is 2.30. The third-order valence-electron chi connectivity index (χ3n) is 6.24. The van der Waals surface area contributed by atoms with Gasteiger partial charge in [-0.2, -0.15) is 4.98 Å². The molecule has 1 aliphatic heterocycles. The van der Waals surface area contributed by atoms with Crippen LogP contribution in [0.15, 0.2) is 35.4 Å². The summed E-state index contributed by atoms with van der Waals surface area (Å²) in [6, 6.07) is 8.19. The zero-order chi connectivity index (χ0) is 21.4. The van der Waals surface area contributed by atoms with Crippen LogP contribution in [0.3, 0.4) is 0 Å². The van der Waals surface area contributed by atoms with E-state index in [-0.39, 0.29) is 24.1 Å². The summed E-state index contributed by atoms with van der Waals surface area (Å²) in [4.78, 5) is 39.2. The largest absolute Gasteiger partial charge is 0.348 e. The Kier molecular flexibility index (Phi) is 5.45. The summed E-state index contributed by atoms with van der Waals surface area (Å²) in [7, 11) is 0. The lowest BCUT2D eigenvalue weighted by molar-refractivity contribution is -0.122. The van der Waals surface area contributed by atoms with Crippen LogP contribution in [0, 0.1) is 0 Å². The molecule has 0 saturated carbocycles. The third-order valence-corrected chi connectivity index (χ3v) is 7.34. The highest BCUT2D eigenvalue weighted by molar-refractivity contribution is 7.22. The molecule has 31 heavy (non-hydrogen) atoms. The van der Waals surface area contributed by atoms with Crippen molar-refractivity contribution in [3.63, 3.8) is 0 Å². The third kappa shape index (κ3) is 3.95. The van der Waals surface area contributed by atoms with E-state index in [4.69, 9.17) is 0 Å². The predicted octanol–water partition coefficient (Wildman–Crippen LogP) is 1.80. The lowest BCUT2D eigenvalue weighted by atomic mass is 10.1. The van der Waals surface area contributed by atoms with Gasteiger partial charge in [-0.15, -0.1) is 0 Å². The fraction of sp³-hybridized carbons (Fsp3) is 0.455. The zero-order valence-corrected chi connectivity index (χ0v) is 18.4. The Labute approximate surface area is 184 Å². The molecule has 0 bridgehead atoms. The molecule has 3 heterocycles. The van der Waals surface area contributed by atoms with Gasteiger partial charge in [0.1, 0.15) is 17.6 Å². The number of rotatable bonds is 5. The van der Waals surface area contributed by atoms with Crippen molar-refractivity contribution < 1.29 is 4.79 Å². The van der Waals surface area contributed by atoms with Gasteiger partial charge in [-0.3, -0.25) is 14.2 Å². The zero-order valence-electron chi connectivity index (χ0n) is 17.6. The second-order valence-electron chi connectivity index (χ2n) is 8.11. The van der Waals surface area contributed by atoms with E-state index < -0.39 is 0 Å². The summed E-state index contributed by atoms with van der Waals surface area (Å²) >= 11 is 1.37. The van der Waals surface area contributed by atoms with Crippen LogP contribution in [0.5, 0.6) is 0 Å². The van der Waals surface area contributed by atoms with Crippen molar-refractivity contribution in [3.05, 3.63) is 52.1 Å². The van der Waals surface area contributed by atoms with Crippen LogP contribution in [0.1, 0.15) is 30.5 Å². The van der Waals surface area contributed by atoms with Crippen LogP contribution in [0.4, 0.5) is 5.13 Å². The molecule has 5 rings (SSSR count). The molecule has 0 spiro atoms. The smallest absolute Gasteiger partial charge is 0.273 e. The van der Waals surface area contributed by atoms with E-state index in [0.717, 1.165) is 50.7 Å². The maximum Gasteiger partial charge on any atom is 0.273 e. The number of hydrogen-bond donors (Lipinski definition) is 1. The normalized spacial score (nSPS) is 19.0. The van der Waals surface area contributed by atoms with Gasteiger partial charge in [-0.1, -0.05) is 42.5 Å². The van der Waals surface area contributed by atoms with Gasteiger partial charge < -0.3 is 15.1 Å². The highest BCUT2D eigenvalue weighted by Gasteiger charge is 2.24. The number of hydrogen-bond acceptors (Lipinski definition) is 7. The van der Waals surface area contributed by atoms with E-state index in [1.165, 1.54) is 33.4 Å². The maximum absolute atomic E-state index is 13.0. The van der Waals surface area contributed by atoms with E-state index in [0.29, 0.717) is 10.3 Å². The Morgan fingerprint density at radius 1 is 1.23 bits per heavy atom. The van der Waals surface area contributed by atoms with E-state index in [2.05, 4.69) is 44.1 Å². The minimum Gasteiger partial charge on any atom is -0.348 e. The topological polar surface area (TPSA) is 83.4 Å². The van der Waals surface area contributed by atoms with Crippen molar-refractivity contribution in [3.8, 4) is 0 Å². The number of aromatic nitrogens is 3. The van der Waals surface area contributed by atoms with Crippen LogP contribution in [-0.2, 0) is 17.8 Å². The van der Waals surface area contributed by atoms with Crippen LogP contribution < -0.4 is 15.8 Å². The number of thiazole rings is 1. The molecule has 3 aromatic rings. The molecule has 1 atom stereocenters. The van der Waals surface area contributed by atoms with Crippen molar-refractivity contribution >= 4 is 32.7 Å². The van der Waals surface area contributed by atoms with Gasteiger partial charge in [-0.25, -0.2) is 4.98 Å². The molecule has 1 N–H and O–H groups in total. The number of amides is 1. The van der Waals surface area contributed by atoms with E-state index in [1.807, 2.05) is 12.1 Å². The van der Waals surface area contributed by atoms with E-state index >= 15 is 0 Å². The fourth-order valence-corrected chi connectivity index (χ4v) is 5.46. The van der Waals surface area contributed by atoms with Gasteiger partial charge in [-0.05, 0) is 30.5 Å². The van der Waals surface area contributed by atoms with Crippen molar-refractivity contribution in [1.29, 1.82) is 0 Å². The number of fused-ring (bicyclic) bond motifs is 2. The predicted molar refractivity (Wildman–Crippen MR) is 122 cm³/mol. The Balaban J connectivity index is 1.30. The summed E-state index contributed by atoms with van der Waals surface area (Å²) in [6.07, 6.45) is 3.29. The standard InChI is InChI=1S/C22H26N6O2S/c1-2-26-9-11-27(12-10-26)22-25-20-19(31-22)21(30)28(14-23-20)13-18(29)24-17-8-7-15-5-3-4-6-16(15)17/h3-6,14,17H,2,7-13H2,1H3,(H,24,29)/t17-/m1/s1. The van der Waals surface area contributed by atoms with Gasteiger partial charge in [0.05, 0.1) is 6.04 Å². The summed E-state index contributed by atoms with van der Waals surface area (Å²) in [5.74, 6) is -0.176. The molecule has 8 nitrogen and oxygen atoms in total. The number of anilines is 1. The van der Waals surface area contributed by atoms with Crippen LogP contribution in [0.2, 0.25) is 0 Å². The Hall–Kier alpha value is -2.78. The number of aryl methyl sites for hydroxylation is 1. The van der Waals surface area contributed by atoms with Gasteiger partial charge >= 0.3 is 0 Å². The van der Waals surface area contributed by atoms with Crippen molar-refractivity contribution in [2.75, 3.05) is 37.6 Å². The summed E-state index contributed by atoms with van der Waals surface area (Å²) in [6.45, 7) is 6.96. The molecule has 162 valence electrons. The molecule has 0 unspecified atom stereocenters. The average molecular weight is 439 g/mol. The first-order chi connectivity index (χ1) is 15.1. The average Bonchev–Trinajstić information content (AvgIpc) is 3.41. The molecule has 1 aliphatic carbocycles. The quantitative estimate of drug-likeness (QED) is 0.654. The van der Waals surface area contributed by atoms with Crippen molar-refractivity contribution in [1.82, 2.24) is 24.8 Å². The molecule has 2 aliphatic rings. The molecule has 1 fully saturated rings. The molecule has 9 heteroatoms. The van der Waals surface area contributed by atoms with Gasteiger partial charge in [0.2, 0.25) is 5.91 Å². The summed E-state index contributed by atoms with van der Waals surface area (Å²) in [5.41, 5.74) is 2.71. The molecule has 2 aromatic heterocycles. The second kappa shape index (κ2) is 8.39. The first-order valence-corrected chi connectivity index (χ1v) is 11.6. The summed E-state index contributed by atoms with van der Waals surface area (Å²) in [5, 5.41) is 3.91. The fourth-order valence-electron chi connectivity index (χ4n) is 4.44. The number of carbonyl (C=O) groups excluding carboxylic acids is 1. The van der Waals surface area contributed by atoms with Gasteiger partial charge in [0, 0.05) is 26.2 Å². The Bertz CT molecular complexity index is 1160. The Morgan fingerprint density at radius 2 is 2.03 bits per heavy atom. The van der Waals surface area contributed by atoms with E-state index in [1.54, 1.807) is 0 Å². The molecule has 1 saturated heterocycles. The number of carbonyl (C=O) groups is 1. The lowest BCUT2D eigenvalue weighted by Gasteiger charge is -2.33. The molecular formula is C22H26N6O2S. The lowest BCUT2D eigenvalue weighted by Crippen LogP contribution is -2.46. The molecule has 1 amide bonds. The second-order valence-corrected chi connectivity index (χ2v) is 9.08. The number of piperazine rings is 1. The van der Waals surface area contributed by atoms with Crippen LogP contribution in [0.25, 0.3) is 10.3 Å². The number of likely N-dealkylation sites (N-methyl/N-ethyl adjacent to an activating group) is 1. The molecule has 1 aromatic carbocycles. The SMILES string of the molecule is CCN1CCN(c2nc3ncn(CC(=O)N[C@@H]4CCc5ccccc54)c(=O)c3s2)CC1. The van der Waals surface area contributed by atoms with Crippen molar-refractivity contribution in [2.24, 2.45) is 0 Å². The number of nitrogens with zero attached hydrogens (tertiary/aromatic N) is 5. The number of benzene rings is 1. The molecular weight excluding hydrogens is 412 g/mol. The van der Waals surface area contributed by atoms with E-state index in [9.17, 15) is 9.59 Å². The van der Waals surface area contributed by atoms with Crippen molar-refractivity contribution in [2.45, 2.75) is 32.4 Å².